The van der Waals surface area contributed by atoms with E-state index in [1.165, 1.54) is 6.92 Å². The zero-order valence-corrected chi connectivity index (χ0v) is 17.3. The van der Waals surface area contributed by atoms with E-state index in [1.54, 1.807) is 6.08 Å². The molecule has 0 heterocycles. The largest absolute Gasteiger partial charge is 0.480 e. The first-order valence-electron chi connectivity index (χ1n) is 10.2. The van der Waals surface area contributed by atoms with Crippen molar-refractivity contribution in [2.24, 2.45) is 0 Å². The third kappa shape index (κ3) is 5.12. The van der Waals surface area contributed by atoms with Gasteiger partial charge in [-0.1, -0.05) is 54.6 Å². The van der Waals surface area contributed by atoms with E-state index in [0.29, 0.717) is 6.42 Å². The van der Waals surface area contributed by atoms with Crippen molar-refractivity contribution >= 4 is 18.0 Å². The van der Waals surface area contributed by atoms with Gasteiger partial charge in [-0.3, -0.25) is 4.79 Å². The molecule has 162 valence electrons. The Labute approximate surface area is 181 Å². The molecule has 0 spiro atoms. The van der Waals surface area contributed by atoms with Crippen molar-refractivity contribution < 1.29 is 24.2 Å². The van der Waals surface area contributed by atoms with Gasteiger partial charge in [0.2, 0.25) is 5.91 Å². The summed E-state index contributed by atoms with van der Waals surface area (Å²) in [4.78, 5) is 35.8. The molecule has 2 amide bonds. The van der Waals surface area contributed by atoms with Gasteiger partial charge in [0.05, 0.1) is 0 Å². The van der Waals surface area contributed by atoms with Crippen LogP contribution in [0.1, 0.15) is 36.8 Å². The maximum absolute atomic E-state index is 12.3. The molecule has 31 heavy (non-hydrogen) atoms. The van der Waals surface area contributed by atoms with Crippen molar-refractivity contribution in [3.05, 3.63) is 72.3 Å². The standard InChI is InChI=1S/C24H26N2O5/c1-3-4-13-21(23(28)29)26-22(27)15(2)25-24(30)31-14-20-18-11-7-5-9-16(18)17-10-6-8-12-19(17)20/h3,5-12,15,20-21H,1,4,13-14H2,2H3,(H,25,30)(H,26,27)(H,28,29)/t15-,21?/m1/s1. The second-order valence-electron chi connectivity index (χ2n) is 7.46. The lowest BCUT2D eigenvalue weighted by Gasteiger charge is -2.19. The molecule has 1 unspecified atom stereocenters. The molecule has 0 aromatic heterocycles. The quantitative estimate of drug-likeness (QED) is 0.537. The summed E-state index contributed by atoms with van der Waals surface area (Å²) in [6.07, 6.45) is 1.52. The van der Waals surface area contributed by atoms with Crippen molar-refractivity contribution in [3.8, 4) is 11.1 Å². The molecule has 7 nitrogen and oxygen atoms in total. The van der Waals surface area contributed by atoms with E-state index in [-0.39, 0.29) is 18.9 Å². The van der Waals surface area contributed by atoms with Gasteiger partial charge in [-0.05, 0) is 42.0 Å². The Morgan fingerprint density at radius 3 is 2.19 bits per heavy atom. The summed E-state index contributed by atoms with van der Waals surface area (Å²) in [6.45, 7) is 5.15. The van der Waals surface area contributed by atoms with E-state index in [0.717, 1.165) is 22.3 Å². The van der Waals surface area contributed by atoms with Crippen molar-refractivity contribution in [2.45, 2.75) is 37.8 Å². The lowest BCUT2D eigenvalue weighted by Crippen LogP contribution is -2.50. The third-order valence-electron chi connectivity index (χ3n) is 5.35. The average Bonchev–Trinajstić information content (AvgIpc) is 3.08. The highest BCUT2D eigenvalue weighted by Gasteiger charge is 2.29. The highest BCUT2D eigenvalue weighted by atomic mass is 16.5. The number of aliphatic carboxylic acids is 1. The van der Waals surface area contributed by atoms with Crippen LogP contribution in [-0.4, -0.2) is 41.8 Å². The van der Waals surface area contributed by atoms with E-state index in [4.69, 9.17) is 4.74 Å². The summed E-state index contributed by atoms with van der Waals surface area (Å²) < 4.78 is 5.42. The van der Waals surface area contributed by atoms with Gasteiger partial charge >= 0.3 is 12.1 Å². The molecule has 0 saturated heterocycles. The lowest BCUT2D eigenvalue weighted by atomic mass is 9.98. The number of rotatable bonds is 9. The number of carbonyl (C=O) groups is 3. The average molecular weight is 422 g/mol. The number of nitrogens with one attached hydrogen (secondary N) is 2. The predicted octanol–water partition coefficient (Wildman–Crippen LogP) is 3.45. The SMILES string of the molecule is C=CCCC(NC(=O)[C@@H](C)NC(=O)OCC1c2ccccc2-c2ccccc21)C(=O)O. The van der Waals surface area contributed by atoms with Crippen LogP contribution in [0.4, 0.5) is 4.79 Å². The van der Waals surface area contributed by atoms with Gasteiger partial charge in [-0.25, -0.2) is 9.59 Å². The molecule has 3 rings (SSSR count). The monoisotopic (exact) mass is 422 g/mol. The van der Waals surface area contributed by atoms with E-state index >= 15 is 0 Å². The van der Waals surface area contributed by atoms with Crippen molar-refractivity contribution in [3.63, 3.8) is 0 Å². The minimum Gasteiger partial charge on any atom is -0.480 e. The van der Waals surface area contributed by atoms with Crippen LogP contribution in [-0.2, 0) is 14.3 Å². The van der Waals surface area contributed by atoms with Crippen LogP contribution in [0.15, 0.2) is 61.2 Å². The second kappa shape index (κ2) is 9.93. The van der Waals surface area contributed by atoms with Crippen LogP contribution in [0.2, 0.25) is 0 Å². The van der Waals surface area contributed by atoms with Crippen molar-refractivity contribution in [1.29, 1.82) is 0 Å². The van der Waals surface area contributed by atoms with Crippen molar-refractivity contribution in [1.82, 2.24) is 10.6 Å². The first-order chi connectivity index (χ1) is 14.9. The lowest BCUT2D eigenvalue weighted by molar-refractivity contribution is -0.142. The Morgan fingerprint density at radius 1 is 1.06 bits per heavy atom. The first-order valence-corrected chi connectivity index (χ1v) is 10.2. The van der Waals surface area contributed by atoms with E-state index in [1.807, 2.05) is 48.5 Å². The number of fused-ring (bicyclic) bond motifs is 3. The van der Waals surface area contributed by atoms with Crippen molar-refractivity contribution in [2.75, 3.05) is 6.61 Å². The number of carboxylic acids is 1. The summed E-state index contributed by atoms with van der Waals surface area (Å²) in [5.41, 5.74) is 4.43. The molecule has 0 bridgehead atoms. The molecule has 0 fully saturated rings. The highest BCUT2D eigenvalue weighted by molar-refractivity contribution is 5.89. The zero-order valence-electron chi connectivity index (χ0n) is 17.3. The maximum atomic E-state index is 12.3. The molecule has 2 atom stereocenters. The normalized spacial score (nSPS) is 14.0. The third-order valence-corrected chi connectivity index (χ3v) is 5.35. The zero-order chi connectivity index (χ0) is 22.4. The smallest absolute Gasteiger partial charge is 0.407 e. The second-order valence-corrected chi connectivity index (χ2v) is 7.46. The van der Waals surface area contributed by atoms with Gasteiger partial charge in [-0.15, -0.1) is 6.58 Å². The summed E-state index contributed by atoms with van der Waals surface area (Å²) in [5.74, 6) is -1.81. The van der Waals surface area contributed by atoms with Gasteiger partial charge in [0.25, 0.3) is 0 Å². The molecule has 0 saturated carbocycles. The number of benzene rings is 2. The number of carboxylic acid groups (broad SMARTS) is 1. The fourth-order valence-corrected chi connectivity index (χ4v) is 3.72. The van der Waals surface area contributed by atoms with Crippen LogP contribution >= 0.6 is 0 Å². The van der Waals surface area contributed by atoms with Gasteiger partial charge in [0, 0.05) is 5.92 Å². The van der Waals surface area contributed by atoms with E-state index in [9.17, 15) is 19.5 Å². The summed E-state index contributed by atoms with van der Waals surface area (Å²) >= 11 is 0. The number of hydrogen-bond donors (Lipinski definition) is 3. The Bertz CT molecular complexity index is 942. The number of allylic oxidation sites excluding steroid dienone is 1. The molecule has 1 aliphatic rings. The molecular formula is C24H26N2O5. The topological polar surface area (TPSA) is 105 Å². The van der Waals surface area contributed by atoms with Gasteiger partial charge in [0.15, 0.2) is 0 Å². The first kappa shape index (κ1) is 22.1. The molecule has 0 radical (unpaired) electrons. The summed E-state index contributed by atoms with van der Waals surface area (Å²) in [7, 11) is 0. The van der Waals surface area contributed by atoms with E-state index in [2.05, 4.69) is 17.2 Å². The maximum Gasteiger partial charge on any atom is 0.407 e. The Hall–Kier alpha value is -3.61. The summed E-state index contributed by atoms with van der Waals surface area (Å²) in [6, 6.07) is 14.0. The molecule has 7 heteroatoms. The predicted molar refractivity (Wildman–Crippen MR) is 117 cm³/mol. The Balaban J connectivity index is 1.57. The van der Waals surface area contributed by atoms with Gasteiger partial charge in [-0.2, -0.15) is 0 Å². The fraction of sp³-hybridized carbons (Fsp3) is 0.292. The molecule has 3 N–H and O–H groups in total. The van der Waals surface area contributed by atoms with Crippen LogP contribution in [0, 0.1) is 0 Å². The molecule has 2 aromatic rings. The van der Waals surface area contributed by atoms with E-state index < -0.39 is 30.1 Å². The number of ether oxygens (including phenoxy) is 1. The highest BCUT2D eigenvalue weighted by Crippen LogP contribution is 2.44. The summed E-state index contributed by atoms with van der Waals surface area (Å²) in [5, 5.41) is 14.1. The minimum atomic E-state index is -1.14. The fourth-order valence-electron chi connectivity index (χ4n) is 3.72. The minimum absolute atomic E-state index is 0.0856. The Morgan fingerprint density at radius 2 is 1.65 bits per heavy atom. The number of hydrogen-bond acceptors (Lipinski definition) is 4. The molecular weight excluding hydrogens is 396 g/mol. The Kier molecular flexibility index (Phi) is 7.07. The number of alkyl carbamates (subject to hydrolysis) is 1. The van der Waals surface area contributed by atoms with Crippen LogP contribution in [0.25, 0.3) is 11.1 Å². The van der Waals surface area contributed by atoms with Crippen LogP contribution in [0.5, 0.6) is 0 Å². The molecule has 1 aliphatic carbocycles. The van der Waals surface area contributed by atoms with Crippen LogP contribution in [0.3, 0.4) is 0 Å². The number of carbonyl (C=O) groups excluding carboxylic acids is 2. The van der Waals surface area contributed by atoms with Gasteiger partial charge in [0.1, 0.15) is 18.7 Å². The van der Waals surface area contributed by atoms with Gasteiger partial charge < -0.3 is 20.5 Å². The number of amides is 2. The molecule has 0 aliphatic heterocycles. The molecule has 2 aromatic carbocycles. The van der Waals surface area contributed by atoms with Crippen LogP contribution < -0.4 is 10.6 Å².